The van der Waals surface area contributed by atoms with Gasteiger partial charge in [0.2, 0.25) is 10.0 Å². The van der Waals surface area contributed by atoms with Crippen molar-refractivity contribution in [3.63, 3.8) is 0 Å². The largest absolute Gasteiger partial charge is 0.338 e. The van der Waals surface area contributed by atoms with Gasteiger partial charge < -0.3 is 4.90 Å². The lowest BCUT2D eigenvalue weighted by Gasteiger charge is -2.21. The molecule has 2 aromatic carbocycles. The predicted molar refractivity (Wildman–Crippen MR) is 123 cm³/mol. The molecule has 172 valence electrons. The molecule has 0 bridgehead atoms. The van der Waals surface area contributed by atoms with Gasteiger partial charge >= 0.3 is 0 Å². The summed E-state index contributed by atoms with van der Waals surface area (Å²) in [6.45, 7) is 1.37. The number of sulfonamides is 1. The smallest absolute Gasteiger partial charge is 0.253 e. The van der Waals surface area contributed by atoms with Crippen LogP contribution in [-0.2, 0) is 19.9 Å². The predicted octanol–water partition coefficient (Wildman–Crippen LogP) is 3.13. The lowest BCUT2D eigenvalue weighted by molar-refractivity contribution is 0.0766. The fourth-order valence-corrected chi connectivity index (χ4v) is 7.93. The molecule has 2 saturated heterocycles. The van der Waals surface area contributed by atoms with Crippen LogP contribution < -0.4 is 0 Å². The van der Waals surface area contributed by atoms with E-state index in [1.807, 2.05) is 0 Å². The molecule has 10 heteroatoms. The van der Waals surface area contributed by atoms with Crippen LogP contribution in [0.5, 0.6) is 0 Å². The van der Waals surface area contributed by atoms with Crippen LogP contribution in [0.15, 0.2) is 53.4 Å². The molecule has 0 aliphatic carbocycles. The molecule has 32 heavy (non-hydrogen) atoms. The molecule has 0 spiro atoms. The highest BCUT2D eigenvalue weighted by molar-refractivity contribution is 7.91. The molecule has 7 nitrogen and oxygen atoms in total. The number of carbonyl (C=O) groups is 1. The summed E-state index contributed by atoms with van der Waals surface area (Å²) in [5, 5.41) is -0.363. The topological polar surface area (TPSA) is 91.8 Å². The molecule has 0 radical (unpaired) electrons. The first kappa shape index (κ1) is 23.2. The SMILES string of the molecule is O=C(c1ccc(S(=O)(=O)N2CCCC2)cc1)N1CCC(c2ccccc2Cl)S(=O)(=O)CC1. The minimum Gasteiger partial charge on any atom is -0.338 e. The summed E-state index contributed by atoms with van der Waals surface area (Å²) in [5.74, 6) is -0.471. The normalized spacial score (nSPS) is 21.9. The third-order valence-corrected chi connectivity index (χ3v) is 10.4. The van der Waals surface area contributed by atoms with Gasteiger partial charge in [0.1, 0.15) is 0 Å². The maximum absolute atomic E-state index is 13.0. The first-order valence-corrected chi connectivity index (χ1v) is 14.1. The van der Waals surface area contributed by atoms with Crippen LogP contribution >= 0.6 is 11.6 Å². The average molecular weight is 497 g/mol. The monoisotopic (exact) mass is 496 g/mol. The highest BCUT2D eigenvalue weighted by Crippen LogP contribution is 2.34. The van der Waals surface area contributed by atoms with E-state index >= 15 is 0 Å². The maximum atomic E-state index is 13.0. The molecular weight excluding hydrogens is 472 g/mol. The third-order valence-electron chi connectivity index (χ3n) is 6.08. The Bertz CT molecular complexity index is 1210. The van der Waals surface area contributed by atoms with Gasteiger partial charge in [0.25, 0.3) is 5.91 Å². The van der Waals surface area contributed by atoms with Gasteiger partial charge in [-0.05, 0) is 55.2 Å². The summed E-state index contributed by atoms with van der Waals surface area (Å²) in [6, 6.07) is 12.8. The molecule has 2 heterocycles. The first-order valence-electron chi connectivity index (χ1n) is 10.6. The van der Waals surface area contributed by atoms with E-state index in [4.69, 9.17) is 11.6 Å². The zero-order valence-electron chi connectivity index (χ0n) is 17.5. The molecule has 2 aliphatic rings. The van der Waals surface area contributed by atoms with Gasteiger partial charge in [0.15, 0.2) is 9.84 Å². The molecule has 0 aromatic heterocycles. The van der Waals surface area contributed by atoms with E-state index in [0.29, 0.717) is 29.2 Å². The second-order valence-electron chi connectivity index (χ2n) is 8.09. The Morgan fingerprint density at radius 1 is 0.938 bits per heavy atom. The van der Waals surface area contributed by atoms with Crippen molar-refractivity contribution in [2.24, 2.45) is 0 Å². The zero-order chi connectivity index (χ0) is 22.9. The summed E-state index contributed by atoms with van der Waals surface area (Å²) in [6.07, 6.45) is 1.95. The van der Waals surface area contributed by atoms with E-state index in [1.165, 1.54) is 33.5 Å². The molecule has 1 atom stereocenters. The number of carbonyl (C=O) groups excluding carboxylic acids is 1. The van der Waals surface area contributed by atoms with Crippen LogP contribution in [0.1, 0.15) is 40.4 Å². The van der Waals surface area contributed by atoms with E-state index in [-0.39, 0.29) is 36.1 Å². The van der Waals surface area contributed by atoms with Gasteiger partial charge in [-0.1, -0.05) is 29.8 Å². The van der Waals surface area contributed by atoms with Crippen LogP contribution in [0, 0.1) is 0 Å². The lowest BCUT2D eigenvalue weighted by atomic mass is 10.1. The number of rotatable bonds is 4. The summed E-state index contributed by atoms with van der Waals surface area (Å²) in [7, 11) is -7.04. The molecule has 0 saturated carbocycles. The van der Waals surface area contributed by atoms with Crippen molar-refractivity contribution >= 4 is 37.4 Å². The van der Waals surface area contributed by atoms with E-state index < -0.39 is 25.1 Å². The van der Waals surface area contributed by atoms with Crippen molar-refractivity contribution in [1.29, 1.82) is 0 Å². The fourth-order valence-electron chi connectivity index (χ4n) is 4.26. The van der Waals surface area contributed by atoms with Gasteiger partial charge in [-0.3, -0.25) is 4.79 Å². The first-order chi connectivity index (χ1) is 15.2. The summed E-state index contributed by atoms with van der Waals surface area (Å²) in [4.78, 5) is 14.7. The van der Waals surface area contributed by atoms with Gasteiger partial charge in [0.05, 0.1) is 15.9 Å². The van der Waals surface area contributed by atoms with Gasteiger partial charge in [0, 0.05) is 36.8 Å². The number of halogens is 1. The molecule has 1 unspecified atom stereocenters. The van der Waals surface area contributed by atoms with Crippen LogP contribution in [-0.4, -0.2) is 63.9 Å². The van der Waals surface area contributed by atoms with E-state index in [9.17, 15) is 21.6 Å². The Morgan fingerprint density at radius 2 is 1.59 bits per heavy atom. The Hall–Kier alpha value is -1.94. The standard InChI is InChI=1S/C22H25ClN2O5S2/c23-20-6-2-1-5-19(20)21-11-14-24(15-16-31(21,27)28)22(26)17-7-9-18(10-8-17)32(29,30)25-12-3-4-13-25/h1-2,5-10,21H,3-4,11-16H2. The van der Waals surface area contributed by atoms with Crippen LogP contribution in [0.4, 0.5) is 0 Å². The van der Waals surface area contributed by atoms with Crippen molar-refractivity contribution in [1.82, 2.24) is 9.21 Å². The van der Waals surface area contributed by atoms with Crippen molar-refractivity contribution < 1.29 is 21.6 Å². The Balaban J connectivity index is 1.51. The molecule has 4 rings (SSSR count). The van der Waals surface area contributed by atoms with Crippen LogP contribution in [0.25, 0.3) is 0 Å². The number of benzene rings is 2. The van der Waals surface area contributed by atoms with E-state index in [0.717, 1.165) is 12.8 Å². The minimum absolute atomic E-state index is 0.0793. The van der Waals surface area contributed by atoms with Crippen LogP contribution in [0.2, 0.25) is 5.02 Å². The van der Waals surface area contributed by atoms with Gasteiger partial charge in [-0.2, -0.15) is 4.31 Å². The number of hydrogen-bond acceptors (Lipinski definition) is 5. The molecule has 0 N–H and O–H groups in total. The average Bonchev–Trinajstić information content (AvgIpc) is 3.27. The van der Waals surface area contributed by atoms with Crippen molar-refractivity contribution in [3.8, 4) is 0 Å². The number of nitrogens with zero attached hydrogens (tertiary/aromatic N) is 2. The van der Waals surface area contributed by atoms with Gasteiger partial charge in [-0.25, -0.2) is 16.8 Å². The van der Waals surface area contributed by atoms with Gasteiger partial charge in [-0.15, -0.1) is 0 Å². The lowest BCUT2D eigenvalue weighted by Crippen LogP contribution is -2.33. The highest BCUT2D eigenvalue weighted by Gasteiger charge is 2.34. The molecule has 2 fully saturated rings. The summed E-state index contributed by atoms with van der Waals surface area (Å²) < 4.78 is 52.6. The molecule has 2 aliphatic heterocycles. The second-order valence-corrected chi connectivity index (χ2v) is 12.7. The summed E-state index contributed by atoms with van der Waals surface area (Å²) in [5.41, 5.74) is 0.888. The third kappa shape index (κ3) is 4.57. The second kappa shape index (κ2) is 9.13. The number of sulfone groups is 1. The highest BCUT2D eigenvalue weighted by atomic mass is 35.5. The Labute approximate surface area is 193 Å². The molecule has 1 amide bonds. The maximum Gasteiger partial charge on any atom is 0.253 e. The molecular formula is C22H25ClN2O5S2. The Kier molecular flexibility index (Phi) is 6.63. The Morgan fingerprint density at radius 3 is 2.25 bits per heavy atom. The van der Waals surface area contributed by atoms with Crippen LogP contribution in [0.3, 0.4) is 0 Å². The summed E-state index contributed by atoms with van der Waals surface area (Å²) >= 11 is 6.23. The van der Waals surface area contributed by atoms with Crippen molar-refractivity contribution in [3.05, 3.63) is 64.7 Å². The fraction of sp³-hybridized carbons (Fsp3) is 0.409. The quantitative estimate of drug-likeness (QED) is 0.648. The van der Waals surface area contributed by atoms with E-state index in [1.54, 1.807) is 24.3 Å². The van der Waals surface area contributed by atoms with Crippen molar-refractivity contribution in [2.75, 3.05) is 31.9 Å². The minimum atomic E-state index is -3.55. The number of hydrogen-bond donors (Lipinski definition) is 0. The molecule has 2 aromatic rings. The van der Waals surface area contributed by atoms with Crippen molar-refractivity contribution in [2.45, 2.75) is 29.4 Å². The zero-order valence-corrected chi connectivity index (χ0v) is 19.9. The van der Waals surface area contributed by atoms with E-state index in [2.05, 4.69) is 0 Å². The number of amides is 1.